The van der Waals surface area contributed by atoms with Gasteiger partial charge >= 0.3 is 12.0 Å². The second-order valence-electron chi connectivity index (χ2n) is 4.02. The van der Waals surface area contributed by atoms with E-state index in [2.05, 4.69) is 10.6 Å². The van der Waals surface area contributed by atoms with Gasteiger partial charge in [0.2, 0.25) is 0 Å². The van der Waals surface area contributed by atoms with Crippen molar-refractivity contribution in [1.82, 2.24) is 5.32 Å². The van der Waals surface area contributed by atoms with Gasteiger partial charge in [0.1, 0.15) is 11.3 Å². The SMILES string of the molecule is CCCNC(=O)Nc1ccc(OCC)c(C(=O)OC)c1. The largest absolute Gasteiger partial charge is 0.493 e. The number of carbonyl (C=O) groups excluding carboxylic acids is 2. The minimum absolute atomic E-state index is 0.280. The Morgan fingerprint density at radius 3 is 2.60 bits per heavy atom. The van der Waals surface area contributed by atoms with Gasteiger partial charge in [-0.15, -0.1) is 0 Å². The minimum Gasteiger partial charge on any atom is -0.493 e. The van der Waals surface area contributed by atoms with Crippen molar-refractivity contribution in [3.63, 3.8) is 0 Å². The number of ether oxygens (including phenoxy) is 2. The molecule has 110 valence electrons. The number of methoxy groups -OCH3 is 1. The molecular formula is C14H20N2O4. The summed E-state index contributed by atoms with van der Waals surface area (Å²) in [5, 5.41) is 5.34. The van der Waals surface area contributed by atoms with E-state index in [1.54, 1.807) is 12.1 Å². The van der Waals surface area contributed by atoms with E-state index in [4.69, 9.17) is 9.47 Å². The van der Waals surface area contributed by atoms with Crippen LogP contribution in [0.4, 0.5) is 10.5 Å². The van der Waals surface area contributed by atoms with Gasteiger partial charge in [-0.25, -0.2) is 9.59 Å². The highest BCUT2D eigenvalue weighted by atomic mass is 16.5. The molecule has 0 saturated carbocycles. The van der Waals surface area contributed by atoms with E-state index in [1.165, 1.54) is 13.2 Å². The average molecular weight is 280 g/mol. The molecule has 0 unspecified atom stereocenters. The van der Waals surface area contributed by atoms with Gasteiger partial charge in [0, 0.05) is 12.2 Å². The molecule has 0 saturated heterocycles. The van der Waals surface area contributed by atoms with Crippen LogP contribution in [0.2, 0.25) is 0 Å². The molecule has 1 aromatic carbocycles. The summed E-state index contributed by atoms with van der Waals surface area (Å²) in [6, 6.07) is 4.52. The fraction of sp³-hybridized carbons (Fsp3) is 0.429. The summed E-state index contributed by atoms with van der Waals surface area (Å²) in [6.07, 6.45) is 0.851. The summed E-state index contributed by atoms with van der Waals surface area (Å²) in [5.41, 5.74) is 0.782. The summed E-state index contributed by atoms with van der Waals surface area (Å²) in [4.78, 5) is 23.3. The number of esters is 1. The molecular weight excluding hydrogens is 260 g/mol. The molecule has 0 radical (unpaired) electrons. The van der Waals surface area contributed by atoms with Crippen LogP contribution in [0.3, 0.4) is 0 Å². The van der Waals surface area contributed by atoms with Gasteiger partial charge in [-0.3, -0.25) is 0 Å². The maximum Gasteiger partial charge on any atom is 0.341 e. The van der Waals surface area contributed by atoms with Crippen LogP contribution in [0.5, 0.6) is 5.75 Å². The van der Waals surface area contributed by atoms with Crippen LogP contribution in [0.15, 0.2) is 18.2 Å². The van der Waals surface area contributed by atoms with Gasteiger partial charge in [0.05, 0.1) is 13.7 Å². The zero-order chi connectivity index (χ0) is 15.0. The lowest BCUT2D eigenvalue weighted by Crippen LogP contribution is -2.29. The second-order valence-corrected chi connectivity index (χ2v) is 4.02. The normalized spacial score (nSPS) is 9.75. The van der Waals surface area contributed by atoms with Crippen LogP contribution < -0.4 is 15.4 Å². The number of anilines is 1. The zero-order valence-corrected chi connectivity index (χ0v) is 12.0. The number of urea groups is 1. The second kappa shape index (κ2) is 8.04. The van der Waals surface area contributed by atoms with E-state index in [0.29, 0.717) is 24.6 Å². The Kier molecular flexibility index (Phi) is 6.36. The van der Waals surface area contributed by atoms with Crippen molar-refractivity contribution in [2.45, 2.75) is 20.3 Å². The highest BCUT2D eigenvalue weighted by molar-refractivity contribution is 5.96. The predicted molar refractivity (Wildman–Crippen MR) is 76.3 cm³/mol. The Hall–Kier alpha value is -2.24. The number of rotatable bonds is 6. The van der Waals surface area contributed by atoms with E-state index in [9.17, 15) is 9.59 Å². The molecule has 0 aliphatic carbocycles. The fourth-order valence-corrected chi connectivity index (χ4v) is 1.57. The van der Waals surface area contributed by atoms with Crippen LogP contribution in [0, 0.1) is 0 Å². The van der Waals surface area contributed by atoms with Crippen LogP contribution in [0.25, 0.3) is 0 Å². The van der Waals surface area contributed by atoms with Crippen LogP contribution >= 0.6 is 0 Å². The standard InChI is InChI=1S/C14H20N2O4/c1-4-8-15-14(18)16-10-6-7-12(20-5-2)11(9-10)13(17)19-3/h6-7,9H,4-5,8H2,1-3H3,(H2,15,16,18). The zero-order valence-electron chi connectivity index (χ0n) is 12.0. The van der Waals surface area contributed by atoms with Gasteiger partial charge in [-0.1, -0.05) is 6.92 Å². The highest BCUT2D eigenvalue weighted by Crippen LogP contribution is 2.23. The Morgan fingerprint density at radius 2 is 2.00 bits per heavy atom. The predicted octanol–water partition coefficient (Wildman–Crippen LogP) is 2.40. The molecule has 2 amide bonds. The molecule has 20 heavy (non-hydrogen) atoms. The fourth-order valence-electron chi connectivity index (χ4n) is 1.57. The Balaban J connectivity index is 2.88. The van der Waals surface area contributed by atoms with Crippen molar-refractivity contribution in [3.8, 4) is 5.75 Å². The van der Waals surface area contributed by atoms with E-state index in [0.717, 1.165) is 6.42 Å². The van der Waals surface area contributed by atoms with Gasteiger partial charge in [-0.05, 0) is 31.5 Å². The summed E-state index contributed by atoms with van der Waals surface area (Å²) in [6.45, 7) is 4.82. The van der Waals surface area contributed by atoms with Crippen LogP contribution in [-0.2, 0) is 4.74 Å². The number of hydrogen-bond donors (Lipinski definition) is 2. The molecule has 1 aromatic rings. The smallest absolute Gasteiger partial charge is 0.341 e. The minimum atomic E-state index is -0.508. The first kappa shape index (κ1) is 15.8. The summed E-state index contributed by atoms with van der Waals surface area (Å²) >= 11 is 0. The molecule has 0 aliphatic rings. The lowest BCUT2D eigenvalue weighted by atomic mass is 10.1. The third kappa shape index (κ3) is 4.46. The lowest BCUT2D eigenvalue weighted by Gasteiger charge is -2.12. The molecule has 0 atom stereocenters. The van der Waals surface area contributed by atoms with Crippen molar-refractivity contribution in [2.75, 3.05) is 25.6 Å². The summed E-state index contributed by atoms with van der Waals surface area (Å²) in [7, 11) is 1.30. The van der Waals surface area contributed by atoms with Gasteiger partial charge in [-0.2, -0.15) is 0 Å². The summed E-state index contributed by atoms with van der Waals surface area (Å²) in [5.74, 6) is -0.0788. The van der Waals surface area contributed by atoms with Crippen molar-refractivity contribution in [2.24, 2.45) is 0 Å². The molecule has 1 rings (SSSR count). The highest BCUT2D eigenvalue weighted by Gasteiger charge is 2.14. The quantitative estimate of drug-likeness (QED) is 0.784. The average Bonchev–Trinajstić information content (AvgIpc) is 2.46. The molecule has 0 bridgehead atoms. The number of amides is 2. The van der Waals surface area contributed by atoms with Gasteiger partial charge in [0.15, 0.2) is 0 Å². The topological polar surface area (TPSA) is 76.7 Å². The van der Waals surface area contributed by atoms with Gasteiger partial charge in [0.25, 0.3) is 0 Å². The third-order valence-electron chi connectivity index (χ3n) is 2.48. The van der Waals surface area contributed by atoms with E-state index >= 15 is 0 Å². The maximum absolute atomic E-state index is 11.7. The molecule has 0 spiro atoms. The number of benzene rings is 1. The van der Waals surface area contributed by atoms with Crippen molar-refractivity contribution in [3.05, 3.63) is 23.8 Å². The molecule has 0 heterocycles. The van der Waals surface area contributed by atoms with E-state index in [1.807, 2.05) is 13.8 Å². The van der Waals surface area contributed by atoms with Crippen molar-refractivity contribution >= 4 is 17.7 Å². The lowest BCUT2D eigenvalue weighted by molar-refractivity contribution is 0.0596. The molecule has 6 nitrogen and oxygen atoms in total. The number of hydrogen-bond acceptors (Lipinski definition) is 4. The Morgan fingerprint density at radius 1 is 1.25 bits per heavy atom. The van der Waals surface area contributed by atoms with Crippen LogP contribution in [-0.4, -0.2) is 32.3 Å². The first-order valence-corrected chi connectivity index (χ1v) is 6.52. The Labute approximate surface area is 118 Å². The Bertz CT molecular complexity index is 474. The van der Waals surface area contributed by atoms with Crippen LogP contribution in [0.1, 0.15) is 30.6 Å². The molecule has 0 aliphatic heterocycles. The number of carbonyl (C=O) groups is 2. The van der Waals surface area contributed by atoms with Crippen molar-refractivity contribution < 1.29 is 19.1 Å². The maximum atomic E-state index is 11.7. The van der Waals surface area contributed by atoms with E-state index in [-0.39, 0.29) is 11.6 Å². The summed E-state index contributed by atoms with van der Waals surface area (Å²) < 4.78 is 10.1. The monoisotopic (exact) mass is 280 g/mol. The first-order chi connectivity index (χ1) is 9.62. The molecule has 6 heteroatoms. The number of nitrogens with one attached hydrogen (secondary N) is 2. The molecule has 0 aromatic heterocycles. The third-order valence-corrected chi connectivity index (χ3v) is 2.48. The molecule has 2 N–H and O–H groups in total. The first-order valence-electron chi connectivity index (χ1n) is 6.52. The van der Waals surface area contributed by atoms with E-state index < -0.39 is 5.97 Å². The van der Waals surface area contributed by atoms with Crippen molar-refractivity contribution in [1.29, 1.82) is 0 Å². The van der Waals surface area contributed by atoms with Gasteiger partial charge < -0.3 is 20.1 Å². The molecule has 0 fully saturated rings.